The minimum absolute atomic E-state index is 0. The molecule has 10 heteroatoms. The van der Waals surface area contributed by atoms with Gasteiger partial charge >= 0.3 is 17.1 Å². The van der Waals surface area contributed by atoms with E-state index >= 15 is 0 Å². The molecule has 1 spiro atoms. The van der Waals surface area contributed by atoms with Gasteiger partial charge < -0.3 is 23.1 Å². The van der Waals surface area contributed by atoms with Crippen LogP contribution < -0.4 is 0 Å². The van der Waals surface area contributed by atoms with Crippen molar-refractivity contribution in [3.63, 3.8) is 0 Å². The summed E-state index contributed by atoms with van der Waals surface area (Å²) in [4.78, 5) is 24.7. The molecule has 0 saturated carbocycles. The smallest absolute Gasteiger partial charge is 0.335 e. The average Bonchev–Trinajstić information content (AvgIpc) is 2.74. The molecule has 6 nitrogen and oxygen atoms in total. The van der Waals surface area contributed by atoms with Gasteiger partial charge in [-0.05, 0) is 34.7 Å². The van der Waals surface area contributed by atoms with E-state index in [2.05, 4.69) is 60.7 Å². The van der Waals surface area contributed by atoms with Crippen LogP contribution in [0.15, 0.2) is 12.2 Å². The Balaban J connectivity index is 0.00000225. The first kappa shape index (κ1) is 29.0. The fourth-order valence-corrected chi connectivity index (χ4v) is 16.1. The summed E-state index contributed by atoms with van der Waals surface area (Å²) in [5, 5.41) is 4.29. The maximum atomic E-state index is 12.9. The van der Waals surface area contributed by atoms with Crippen molar-refractivity contribution in [2.45, 2.75) is 102 Å². The molecule has 2 heterocycles. The van der Waals surface area contributed by atoms with Gasteiger partial charge in [0.25, 0.3) is 0 Å². The van der Waals surface area contributed by atoms with Crippen molar-refractivity contribution in [1.29, 1.82) is 0 Å². The summed E-state index contributed by atoms with van der Waals surface area (Å²) in [6.45, 7) is 17.1. The Morgan fingerprint density at radius 2 is 1.37 bits per heavy atom. The topological polar surface area (TPSA) is 75.9 Å². The van der Waals surface area contributed by atoms with Crippen LogP contribution in [0.1, 0.15) is 61.8 Å². The number of ketones is 1. The van der Waals surface area contributed by atoms with Crippen LogP contribution >= 0.6 is 0 Å². The minimum Gasteiger partial charge on any atom is -0.643 e. The van der Waals surface area contributed by atoms with Crippen LogP contribution in [-0.4, -0.2) is 46.6 Å². The van der Waals surface area contributed by atoms with Gasteiger partial charge in [0.05, 0.1) is 12.0 Å². The van der Waals surface area contributed by atoms with Gasteiger partial charge in [-0.2, -0.15) is 0 Å². The molecule has 3 rings (SSSR count). The molecule has 167 valence electrons. The zero-order chi connectivity index (χ0) is 21.1. The fraction of sp³-hybridized carbons (Fsp3) is 0.800. The second kappa shape index (κ2) is 10.1. The summed E-state index contributed by atoms with van der Waals surface area (Å²) < 4.78 is 20.7. The Labute approximate surface area is 222 Å². The molecular formula is C20H34NO5Si2WY-. The van der Waals surface area contributed by atoms with Crippen molar-refractivity contribution >= 4 is 28.8 Å². The second-order valence-electron chi connectivity index (χ2n) is 9.65. The van der Waals surface area contributed by atoms with Crippen molar-refractivity contribution in [2.75, 3.05) is 0 Å². The van der Waals surface area contributed by atoms with Crippen molar-refractivity contribution in [3.05, 3.63) is 17.5 Å². The van der Waals surface area contributed by atoms with Gasteiger partial charge in [-0.25, -0.2) is 0 Å². The Bertz CT molecular complexity index is 677. The Morgan fingerprint density at radius 1 is 0.933 bits per heavy atom. The number of hydrogen-bond donors (Lipinski definition) is 0. The molecular weight excluding hydrogens is 663 g/mol. The largest absolute Gasteiger partial charge is 0.643 e. The van der Waals surface area contributed by atoms with E-state index in [0.717, 1.165) is 0 Å². The first-order valence-electron chi connectivity index (χ1n) is 10.4. The molecule has 2 aliphatic heterocycles. The maximum Gasteiger partial charge on any atom is 0.335 e. The van der Waals surface area contributed by atoms with E-state index in [1.807, 2.05) is 0 Å². The van der Waals surface area contributed by atoms with Crippen LogP contribution in [0.25, 0.3) is 5.32 Å². The van der Waals surface area contributed by atoms with Gasteiger partial charge in [-0.1, -0.05) is 67.0 Å². The summed E-state index contributed by atoms with van der Waals surface area (Å²) in [6.07, 6.45) is 2.19. The molecule has 0 aromatic heterocycles. The molecule has 1 unspecified atom stereocenters. The summed E-state index contributed by atoms with van der Waals surface area (Å²) in [5.41, 5.74) is -0.122. The molecule has 0 N–H and O–H groups in total. The van der Waals surface area contributed by atoms with E-state index < -0.39 is 34.9 Å². The van der Waals surface area contributed by atoms with Crippen LogP contribution in [0.4, 0.5) is 0 Å². The predicted octanol–water partition coefficient (Wildman–Crippen LogP) is 4.49. The van der Waals surface area contributed by atoms with Crippen LogP contribution in [-0.2, 0) is 76.3 Å². The molecule has 3 aliphatic rings. The molecule has 0 aromatic rings. The second-order valence-corrected chi connectivity index (χ2v) is 18.4. The first-order chi connectivity index (χ1) is 12.9. The van der Waals surface area contributed by atoms with Crippen LogP contribution in [0.5, 0.6) is 0 Å². The summed E-state index contributed by atoms with van der Waals surface area (Å²) in [7, 11) is -5.61. The number of rotatable bonds is 4. The number of hydrogen-bond acceptors (Lipinski definition) is 5. The molecule has 1 amide bonds. The van der Waals surface area contributed by atoms with E-state index in [1.54, 1.807) is 6.08 Å². The van der Waals surface area contributed by atoms with Crippen molar-refractivity contribution < 1.29 is 76.3 Å². The van der Waals surface area contributed by atoms with Crippen LogP contribution in [0.3, 0.4) is 0 Å². The fourth-order valence-electron chi connectivity index (χ4n) is 4.88. The average molecular weight is 697 g/mol. The summed E-state index contributed by atoms with van der Waals surface area (Å²) in [5.74, 6) is -0.256. The standard InChI is InChI=1S/C20H35NO5Si2.W.Y/c1-12(2)27(13(3)4)24-18-16(22)9-10-20(11-17(23)21-20)19(18)25-28(26-27,14(5)6)15(7)8;;/h9-10,12-15,18-19H,11H2,1-8H3,(H,21,23);;/p-1/t18-,19-,20?;;/m1../s1. The zero-order valence-electron chi connectivity index (χ0n) is 19.3. The molecule has 0 aromatic carbocycles. The van der Waals surface area contributed by atoms with Crippen LogP contribution in [0.2, 0.25) is 22.2 Å². The third-order valence-electron chi connectivity index (χ3n) is 6.51. The third kappa shape index (κ3) is 4.51. The number of carbonyl (C=O) groups excluding carboxylic acids is 2. The normalized spacial score (nSPS) is 31.7. The molecule has 30 heavy (non-hydrogen) atoms. The van der Waals surface area contributed by atoms with E-state index in [0.29, 0.717) is 0 Å². The zero-order valence-corrected chi connectivity index (χ0v) is 27.1. The minimum atomic E-state index is -2.81. The van der Waals surface area contributed by atoms with Crippen molar-refractivity contribution in [1.82, 2.24) is 0 Å². The van der Waals surface area contributed by atoms with Crippen LogP contribution in [0, 0.1) is 0 Å². The molecule has 0 bridgehead atoms. The molecule has 1 radical (unpaired) electrons. The van der Waals surface area contributed by atoms with E-state index in [1.165, 1.54) is 6.08 Å². The quantitative estimate of drug-likeness (QED) is 0.320. The first-order valence-corrected chi connectivity index (χ1v) is 14.4. The molecule has 2 saturated heterocycles. The van der Waals surface area contributed by atoms with E-state index in [9.17, 15) is 9.59 Å². The van der Waals surface area contributed by atoms with E-state index in [4.69, 9.17) is 13.0 Å². The maximum absolute atomic E-state index is 12.9. The number of nitrogens with zero attached hydrogens (tertiary/aromatic N) is 1. The SMILES string of the molecule is CC(C)[Si]1(C(C)C)O[C@@H]2C(=O)C=CC3(CC(=O)[N-]3)[C@@H]2O[Si](C(C)C)(C(C)C)O1.[W].[Y]. The Kier molecular flexibility index (Phi) is 9.75. The monoisotopic (exact) mass is 697 g/mol. The number of fused-ring (bicyclic) bond motifs is 2. The Hall–Kier alpha value is 0.986. The predicted molar refractivity (Wildman–Crippen MR) is 113 cm³/mol. The van der Waals surface area contributed by atoms with E-state index in [-0.39, 0.29) is 94.1 Å². The molecule has 2 fully saturated rings. The number of carbonyl (C=O) groups is 2. The van der Waals surface area contributed by atoms with Crippen molar-refractivity contribution in [3.8, 4) is 0 Å². The van der Waals surface area contributed by atoms with Gasteiger partial charge in [0.15, 0.2) is 5.78 Å². The van der Waals surface area contributed by atoms with Gasteiger partial charge in [-0.15, -0.1) is 0 Å². The number of amides is 1. The van der Waals surface area contributed by atoms with Gasteiger partial charge in [0.1, 0.15) is 6.10 Å². The van der Waals surface area contributed by atoms with Crippen molar-refractivity contribution in [2.24, 2.45) is 0 Å². The Morgan fingerprint density at radius 3 is 1.77 bits per heavy atom. The number of β-lactam (4-membered cyclic amide) rings is 1. The van der Waals surface area contributed by atoms with Gasteiger partial charge in [0.2, 0.25) is 0 Å². The molecule has 3 atom stereocenters. The van der Waals surface area contributed by atoms with Gasteiger partial charge in [0, 0.05) is 53.8 Å². The molecule has 1 aliphatic carbocycles. The summed E-state index contributed by atoms with van der Waals surface area (Å²) >= 11 is 0. The van der Waals surface area contributed by atoms with Gasteiger partial charge in [-0.3, -0.25) is 4.79 Å². The third-order valence-corrected chi connectivity index (χ3v) is 16.7. The summed E-state index contributed by atoms with van der Waals surface area (Å²) in [6, 6.07) is 0.